The van der Waals surface area contributed by atoms with E-state index in [1.165, 1.54) is 18.2 Å². The summed E-state index contributed by atoms with van der Waals surface area (Å²) < 4.78 is 0. The molecule has 6 nitrogen and oxygen atoms in total. The van der Waals surface area contributed by atoms with Crippen LogP contribution in [0.4, 0.5) is 10.7 Å². The number of nitriles is 1. The first-order valence-electron chi connectivity index (χ1n) is 5.16. The molecule has 0 radical (unpaired) electrons. The number of nitrogens with one attached hydrogen (secondary N) is 1. The largest absolute Gasteiger partial charge is 0.324 e. The maximum atomic E-state index is 11.8. The maximum absolute atomic E-state index is 11.8. The van der Waals surface area contributed by atoms with Gasteiger partial charge in [-0.1, -0.05) is 17.4 Å². The highest BCUT2D eigenvalue weighted by Gasteiger charge is 2.15. The van der Waals surface area contributed by atoms with Crippen molar-refractivity contribution in [3.63, 3.8) is 0 Å². The first kappa shape index (κ1) is 12.7. The molecule has 2 rings (SSSR count). The van der Waals surface area contributed by atoms with Crippen LogP contribution in [0.5, 0.6) is 0 Å². The van der Waals surface area contributed by atoms with Crippen molar-refractivity contribution in [3.8, 4) is 6.07 Å². The second-order valence-electron chi connectivity index (χ2n) is 3.54. The van der Waals surface area contributed by atoms with Crippen molar-refractivity contribution in [1.82, 2.24) is 0 Å². The maximum Gasteiger partial charge on any atom is 0.324 e. The standard InChI is InChI=1S/C12H7N3O3S/c13-7-8-2-1-3-9(6-8)14-12(16)10-4-5-11(19-10)15(17)18/h1-6H,(H,14,16). The number of thiophene rings is 1. The summed E-state index contributed by atoms with van der Waals surface area (Å²) in [4.78, 5) is 22.1. The molecule has 1 aromatic carbocycles. The van der Waals surface area contributed by atoms with E-state index in [9.17, 15) is 14.9 Å². The molecule has 0 atom stereocenters. The summed E-state index contributed by atoms with van der Waals surface area (Å²) in [6.07, 6.45) is 0. The van der Waals surface area contributed by atoms with Crippen LogP contribution in [-0.4, -0.2) is 10.8 Å². The average molecular weight is 273 g/mol. The lowest BCUT2D eigenvalue weighted by Crippen LogP contribution is -2.09. The Morgan fingerprint density at radius 2 is 2.16 bits per heavy atom. The van der Waals surface area contributed by atoms with Crippen LogP contribution in [0.1, 0.15) is 15.2 Å². The number of carbonyl (C=O) groups is 1. The first-order chi connectivity index (χ1) is 9.10. The molecule has 0 aliphatic heterocycles. The molecule has 0 spiro atoms. The molecule has 1 aromatic heterocycles. The highest BCUT2D eigenvalue weighted by atomic mass is 32.1. The topological polar surface area (TPSA) is 96.0 Å². The van der Waals surface area contributed by atoms with Gasteiger partial charge in [0.05, 0.1) is 21.4 Å². The molecule has 0 bridgehead atoms. The minimum absolute atomic E-state index is 0.0871. The summed E-state index contributed by atoms with van der Waals surface area (Å²) >= 11 is 0.802. The predicted molar refractivity (Wildman–Crippen MR) is 70.1 cm³/mol. The first-order valence-corrected chi connectivity index (χ1v) is 5.97. The van der Waals surface area contributed by atoms with E-state index >= 15 is 0 Å². The van der Waals surface area contributed by atoms with Crippen molar-refractivity contribution in [2.24, 2.45) is 0 Å². The van der Waals surface area contributed by atoms with Gasteiger partial charge in [0.25, 0.3) is 5.91 Å². The van der Waals surface area contributed by atoms with Crippen molar-refractivity contribution < 1.29 is 9.72 Å². The molecule has 0 unspecified atom stereocenters. The van der Waals surface area contributed by atoms with Crippen LogP contribution in [0.25, 0.3) is 0 Å². The molecule has 1 N–H and O–H groups in total. The Labute approximate surface area is 112 Å². The number of carbonyl (C=O) groups excluding carboxylic acids is 1. The molecule has 0 aliphatic carbocycles. The Balaban J connectivity index is 2.16. The van der Waals surface area contributed by atoms with Gasteiger partial charge in [-0.15, -0.1) is 0 Å². The van der Waals surface area contributed by atoms with Crippen molar-refractivity contribution >= 4 is 27.9 Å². The number of anilines is 1. The van der Waals surface area contributed by atoms with Crippen LogP contribution in [0.2, 0.25) is 0 Å². The Morgan fingerprint density at radius 3 is 2.79 bits per heavy atom. The molecule has 0 aliphatic rings. The van der Waals surface area contributed by atoms with Gasteiger partial charge in [0, 0.05) is 11.8 Å². The van der Waals surface area contributed by atoms with E-state index in [0.29, 0.717) is 11.3 Å². The lowest BCUT2D eigenvalue weighted by Gasteiger charge is -2.02. The SMILES string of the molecule is N#Cc1cccc(NC(=O)c2ccc([N+](=O)[O-])s2)c1. The van der Waals surface area contributed by atoms with E-state index in [1.807, 2.05) is 6.07 Å². The molecule has 7 heteroatoms. The number of hydrogen-bond donors (Lipinski definition) is 1. The van der Waals surface area contributed by atoms with E-state index in [-0.39, 0.29) is 9.88 Å². The Hall–Kier alpha value is -2.72. The van der Waals surface area contributed by atoms with Crippen molar-refractivity contribution in [1.29, 1.82) is 5.26 Å². The normalized spacial score (nSPS) is 9.63. The van der Waals surface area contributed by atoms with E-state index in [4.69, 9.17) is 5.26 Å². The minimum Gasteiger partial charge on any atom is -0.321 e. The van der Waals surface area contributed by atoms with Gasteiger partial charge in [-0.2, -0.15) is 5.26 Å². The van der Waals surface area contributed by atoms with Crippen LogP contribution in [0, 0.1) is 21.4 Å². The molecular weight excluding hydrogens is 266 g/mol. The molecule has 94 valence electrons. The van der Waals surface area contributed by atoms with Gasteiger partial charge in [-0.05, 0) is 24.3 Å². The highest BCUT2D eigenvalue weighted by Crippen LogP contribution is 2.24. The summed E-state index contributed by atoms with van der Waals surface area (Å²) in [7, 11) is 0. The number of rotatable bonds is 3. The number of nitro groups is 1. The number of nitrogens with zero attached hydrogens (tertiary/aromatic N) is 2. The van der Waals surface area contributed by atoms with Gasteiger partial charge in [0.2, 0.25) is 0 Å². The lowest BCUT2D eigenvalue weighted by molar-refractivity contribution is -0.380. The molecule has 1 heterocycles. The fraction of sp³-hybridized carbons (Fsp3) is 0. The smallest absolute Gasteiger partial charge is 0.321 e. The molecule has 19 heavy (non-hydrogen) atoms. The average Bonchev–Trinajstić information content (AvgIpc) is 2.89. The Kier molecular flexibility index (Phi) is 3.54. The third kappa shape index (κ3) is 2.94. The van der Waals surface area contributed by atoms with E-state index in [1.54, 1.807) is 18.2 Å². The summed E-state index contributed by atoms with van der Waals surface area (Å²) in [5.74, 6) is -0.437. The van der Waals surface area contributed by atoms with Gasteiger partial charge < -0.3 is 5.32 Å². The van der Waals surface area contributed by atoms with Crippen LogP contribution in [0.15, 0.2) is 36.4 Å². The minimum atomic E-state index is -0.544. The van der Waals surface area contributed by atoms with Crippen molar-refractivity contribution in [2.45, 2.75) is 0 Å². The van der Waals surface area contributed by atoms with E-state index in [0.717, 1.165) is 11.3 Å². The number of amides is 1. The van der Waals surface area contributed by atoms with Gasteiger partial charge >= 0.3 is 5.00 Å². The fourth-order valence-corrected chi connectivity index (χ4v) is 2.12. The number of hydrogen-bond acceptors (Lipinski definition) is 5. The molecule has 2 aromatic rings. The Bertz CT molecular complexity index is 688. The molecular formula is C12H7N3O3S. The Morgan fingerprint density at radius 1 is 1.37 bits per heavy atom. The predicted octanol–water partition coefficient (Wildman–Crippen LogP) is 2.78. The third-order valence-corrected chi connectivity index (χ3v) is 3.28. The van der Waals surface area contributed by atoms with Crippen LogP contribution >= 0.6 is 11.3 Å². The molecule has 1 amide bonds. The quantitative estimate of drug-likeness (QED) is 0.686. The molecule has 0 saturated heterocycles. The van der Waals surface area contributed by atoms with Crippen molar-refractivity contribution in [3.05, 3.63) is 57.0 Å². The zero-order chi connectivity index (χ0) is 13.8. The number of benzene rings is 1. The summed E-state index contributed by atoms with van der Waals surface area (Å²) in [6, 6.07) is 11.1. The monoisotopic (exact) mass is 273 g/mol. The lowest BCUT2D eigenvalue weighted by atomic mass is 10.2. The fourth-order valence-electron chi connectivity index (χ4n) is 1.41. The second kappa shape index (κ2) is 5.29. The van der Waals surface area contributed by atoms with Crippen LogP contribution < -0.4 is 5.32 Å². The summed E-state index contributed by atoms with van der Waals surface area (Å²) in [5.41, 5.74) is 0.898. The molecule has 0 fully saturated rings. The van der Waals surface area contributed by atoms with E-state index in [2.05, 4.69) is 5.32 Å². The van der Waals surface area contributed by atoms with Crippen molar-refractivity contribution in [2.75, 3.05) is 5.32 Å². The highest BCUT2D eigenvalue weighted by molar-refractivity contribution is 7.17. The summed E-state index contributed by atoms with van der Waals surface area (Å²) in [5, 5.41) is 21.8. The second-order valence-corrected chi connectivity index (χ2v) is 4.60. The van der Waals surface area contributed by atoms with Gasteiger partial charge in [0.15, 0.2) is 0 Å². The summed E-state index contributed by atoms with van der Waals surface area (Å²) in [6.45, 7) is 0. The molecule has 0 saturated carbocycles. The van der Waals surface area contributed by atoms with Gasteiger partial charge in [0.1, 0.15) is 0 Å². The van der Waals surface area contributed by atoms with Crippen LogP contribution in [0.3, 0.4) is 0 Å². The van der Waals surface area contributed by atoms with Crippen LogP contribution in [-0.2, 0) is 0 Å². The third-order valence-electron chi connectivity index (χ3n) is 2.25. The van der Waals surface area contributed by atoms with E-state index < -0.39 is 10.8 Å². The zero-order valence-electron chi connectivity index (χ0n) is 9.49. The van der Waals surface area contributed by atoms with Gasteiger partial charge in [-0.3, -0.25) is 14.9 Å². The van der Waals surface area contributed by atoms with Gasteiger partial charge in [-0.25, -0.2) is 0 Å². The zero-order valence-corrected chi connectivity index (χ0v) is 10.3.